The van der Waals surface area contributed by atoms with Crippen LogP contribution in [0.5, 0.6) is 5.88 Å². The molecule has 1 aliphatic heterocycles. The van der Waals surface area contributed by atoms with Crippen molar-refractivity contribution in [1.82, 2.24) is 19.5 Å². The van der Waals surface area contributed by atoms with Crippen LogP contribution < -0.4 is 5.90 Å². The van der Waals surface area contributed by atoms with Gasteiger partial charge in [-0.25, -0.2) is 10.9 Å². The fraction of sp³-hybridized carbons (Fsp3) is 0.500. The van der Waals surface area contributed by atoms with Crippen molar-refractivity contribution in [2.24, 2.45) is 5.90 Å². The van der Waals surface area contributed by atoms with Gasteiger partial charge in [0.15, 0.2) is 23.5 Å². The minimum absolute atomic E-state index is 0.112. The third-order valence-electron chi connectivity index (χ3n) is 3.30. The van der Waals surface area contributed by atoms with Crippen LogP contribution >= 0.6 is 11.6 Å². The van der Waals surface area contributed by atoms with Crippen molar-refractivity contribution in [3.8, 4) is 5.88 Å². The van der Waals surface area contributed by atoms with Gasteiger partial charge in [-0.3, -0.25) is 9.40 Å². The van der Waals surface area contributed by atoms with Gasteiger partial charge in [-0.15, -0.1) is 0 Å². The Kier molecular flexibility index (Phi) is 3.65. The number of aliphatic hydroxyl groups is 2. The molecule has 2 aromatic heterocycles. The average Bonchev–Trinajstić information content (AvgIpc) is 2.99. The number of nitrogens with two attached hydrogens (primary N) is 1. The van der Waals surface area contributed by atoms with Crippen LogP contribution in [-0.4, -0.2) is 59.8 Å². The van der Waals surface area contributed by atoms with Gasteiger partial charge in [0.05, 0.1) is 12.9 Å². The first kappa shape index (κ1) is 14.4. The van der Waals surface area contributed by atoms with Crippen LogP contribution in [0.3, 0.4) is 0 Å². The van der Waals surface area contributed by atoms with Crippen LogP contribution in [0.1, 0.15) is 6.23 Å². The minimum atomic E-state index is -1.13. The predicted molar refractivity (Wildman–Crippen MR) is 68.1 cm³/mol. The van der Waals surface area contributed by atoms with Crippen LogP contribution in [0.25, 0.3) is 11.2 Å². The second kappa shape index (κ2) is 5.33. The predicted octanol–water partition coefficient (Wildman–Crippen LogP) is -1.31. The Labute approximate surface area is 122 Å². The van der Waals surface area contributed by atoms with Crippen molar-refractivity contribution >= 4 is 22.8 Å². The van der Waals surface area contributed by atoms with Gasteiger partial charge in [0.25, 0.3) is 0 Å². The molecule has 2 aromatic rings. The minimum Gasteiger partial charge on any atom is -0.492 e. The number of halogens is 1. The number of fused-ring (bicyclic) bond motifs is 1. The van der Waals surface area contributed by atoms with Crippen LogP contribution in [0.15, 0.2) is 6.33 Å². The Morgan fingerprint density at radius 1 is 1.48 bits per heavy atom. The highest BCUT2D eigenvalue weighted by atomic mass is 35.5. The van der Waals surface area contributed by atoms with Crippen molar-refractivity contribution < 1.29 is 24.9 Å². The lowest BCUT2D eigenvalue weighted by Crippen LogP contribution is -2.37. The van der Waals surface area contributed by atoms with Crippen LogP contribution in [0.2, 0.25) is 5.28 Å². The zero-order valence-electron chi connectivity index (χ0n) is 10.5. The molecule has 0 aromatic carbocycles. The van der Waals surface area contributed by atoms with Crippen LogP contribution in [0, 0.1) is 0 Å². The largest absolute Gasteiger partial charge is 0.492 e. The van der Waals surface area contributed by atoms with Gasteiger partial charge in [-0.05, 0) is 11.6 Å². The number of ether oxygens (including phenoxy) is 1. The summed E-state index contributed by atoms with van der Waals surface area (Å²) in [5, 5.41) is 28.6. The lowest BCUT2D eigenvalue weighted by atomic mass is 10.1. The van der Waals surface area contributed by atoms with E-state index in [1.807, 2.05) is 0 Å². The lowest BCUT2D eigenvalue weighted by molar-refractivity contribution is -0.0717. The normalized spacial score (nSPS) is 29.3. The SMILES string of the molecule is NOC1C(O)[C@@H](CO)O[C@H]1n1cnc2c(O)nc(Cl)nc21. The number of hydrogen-bond donors (Lipinski definition) is 4. The number of aromatic hydroxyl groups is 1. The highest BCUT2D eigenvalue weighted by Gasteiger charge is 2.46. The summed E-state index contributed by atoms with van der Waals surface area (Å²) in [5.74, 6) is 4.79. The molecule has 2 unspecified atom stereocenters. The van der Waals surface area contributed by atoms with Gasteiger partial charge in [-0.2, -0.15) is 9.97 Å². The summed E-state index contributed by atoms with van der Waals surface area (Å²) in [4.78, 5) is 16.2. The Balaban J connectivity index is 2.08. The standard InChI is InChI=1S/C10H12ClN5O5/c11-10-14-7-4(8(19)15-10)13-2-16(7)9-6(21-12)5(18)3(1-17)20-9/h2-3,5-6,9,17-18H,1,12H2,(H,14,15,19)/t3-,5?,6?,9-/m1/s1. The first-order valence-corrected chi connectivity index (χ1v) is 6.33. The molecule has 1 fully saturated rings. The molecule has 114 valence electrons. The van der Waals surface area contributed by atoms with Crippen molar-refractivity contribution in [2.45, 2.75) is 24.5 Å². The van der Waals surface area contributed by atoms with E-state index in [-0.39, 0.29) is 22.3 Å². The number of hydrogen-bond acceptors (Lipinski definition) is 9. The molecule has 3 rings (SSSR count). The third-order valence-corrected chi connectivity index (χ3v) is 3.47. The van der Waals surface area contributed by atoms with E-state index < -0.39 is 31.1 Å². The van der Waals surface area contributed by atoms with E-state index in [0.29, 0.717) is 0 Å². The topological polar surface area (TPSA) is 149 Å². The number of imidazole rings is 1. The molecular weight excluding hydrogens is 306 g/mol. The van der Waals surface area contributed by atoms with Gasteiger partial charge in [0.1, 0.15) is 12.2 Å². The second-order valence-corrected chi connectivity index (χ2v) is 4.82. The zero-order valence-corrected chi connectivity index (χ0v) is 11.3. The summed E-state index contributed by atoms with van der Waals surface area (Å²) in [7, 11) is 0. The molecule has 3 heterocycles. The molecule has 1 aliphatic rings. The maximum absolute atomic E-state index is 9.97. The Bertz CT molecular complexity index is 667. The van der Waals surface area contributed by atoms with E-state index in [0.717, 1.165) is 0 Å². The van der Waals surface area contributed by atoms with E-state index in [1.54, 1.807) is 0 Å². The van der Waals surface area contributed by atoms with Gasteiger partial charge >= 0.3 is 0 Å². The summed E-state index contributed by atoms with van der Waals surface area (Å²) in [6.45, 7) is -0.412. The molecule has 1 saturated heterocycles. The molecule has 0 radical (unpaired) electrons. The molecule has 4 atom stereocenters. The second-order valence-electron chi connectivity index (χ2n) is 4.48. The number of rotatable bonds is 3. The summed E-state index contributed by atoms with van der Waals surface area (Å²) in [5.41, 5.74) is 0.297. The summed E-state index contributed by atoms with van der Waals surface area (Å²) >= 11 is 5.70. The number of aromatic nitrogens is 4. The fourth-order valence-electron chi connectivity index (χ4n) is 2.30. The molecule has 21 heavy (non-hydrogen) atoms. The highest BCUT2D eigenvalue weighted by molar-refractivity contribution is 6.28. The summed E-state index contributed by atoms with van der Waals surface area (Å²) in [6.07, 6.45) is -2.52. The van der Waals surface area contributed by atoms with E-state index in [2.05, 4.69) is 15.0 Å². The first-order valence-electron chi connectivity index (χ1n) is 5.95. The monoisotopic (exact) mass is 317 g/mol. The molecular formula is C10H12ClN5O5. The van der Waals surface area contributed by atoms with Crippen molar-refractivity contribution in [3.63, 3.8) is 0 Å². The van der Waals surface area contributed by atoms with Crippen molar-refractivity contribution in [2.75, 3.05) is 6.61 Å². The van der Waals surface area contributed by atoms with Crippen molar-refractivity contribution in [1.29, 1.82) is 0 Å². The first-order chi connectivity index (χ1) is 10.1. The van der Waals surface area contributed by atoms with Crippen molar-refractivity contribution in [3.05, 3.63) is 11.6 Å². The van der Waals surface area contributed by atoms with E-state index in [9.17, 15) is 15.3 Å². The molecule has 11 heteroatoms. The third kappa shape index (κ3) is 2.21. The molecule has 0 amide bonds. The van der Waals surface area contributed by atoms with Gasteiger partial charge in [0, 0.05) is 0 Å². The molecule has 5 N–H and O–H groups in total. The maximum Gasteiger partial charge on any atom is 0.244 e. The van der Waals surface area contributed by atoms with Gasteiger partial charge in [-0.1, -0.05) is 0 Å². The number of nitrogens with zero attached hydrogens (tertiary/aromatic N) is 4. The summed E-state index contributed by atoms with van der Waals surface area (Å²) in [6, 6.07) is 0. The fourth-order valence-corrected chi connectivity index (χ4v) is 2.46. The summed E-state index contributed by atoms with van der Waals surface area (Å²) < 4.78 is 6.88. The van der Waals surface area contributed by atoms with Crippen LogP contribution in [-0.2, 0) is 9.57 Å². The quantitative estimate of drug-likeness (QED) is 0.400. The van der Waals surface area contributed by atoms with Gasteiger partial charge < -0.3 is 20.1 Å². The zero-order chi connectivity index (χ0) is 15.1. The number of aliphatic hydroxyl groups excluding tert-OH is 2. The van der Waals surface area contributed by atoms with E-state index in [1.165, 1.54) is 10.9 Å². The molecule has 0 spiro atoms. The Morgan fingerprint density at radius 2 is 2.24 bits per heavy atom. The smallest absolute Gasteiger partial charge is 0.244 e. The highest BCUT2D eigenvalue weighted by Crippen LogP contribution is 2.33. The van der Waals surface area contributed by atoms with E-state index >= 15 is 0 Å². The lowest BCUT2D eigenvalue weighted by Gasteiger charge is -2.19. The Morgan fingerprint density at radius 3 is 2.90 bits per heavy atom. The molecule has 0 saturated carbocycles. The molecule has 0 bridgehead atoms. The van der Waals surface area contributed by atoms with Crippen LogP contribution in [0.4, 0.5) is 0 Å². The average molecular weight is 318 g/mol. The van der Waals surface area contributed by atoms with E-state index in [4.69, 9.17) is 27.1 Å². The molecule has 0 aliphatic carbocycles. The maximum atomic E-state index is 9.97. The Hall–Kier alpha value is -1.56. The molecule has 10 nitrogen and oxygen atoms in total. The van der Waals surface area contributed by atoms with Gasteiger partial charge in [0.2, 0.25) is 11.2 Å².